The molecule has 0 aromatic carbocycles. The summed E-state index contributed by atoms with van der Waals surface area (Å²) in [6.45, 7) is 6.80. The van der Waals surface area contributed by atoms with Crippen LogP contribution in [0, 0.1) is 5.92 Å². The van der Waals surface area contributed by atoms with E-state index in [-0.39, 0.29) is 24.1 Å². The Morgan fingerprint density at radius 2 is 2.10 bits per heavy atom. The molecule has 112 valence electrons. The fourth-order valence-electron chi connectivity index (χ4n) is 1.74. The van der Waals surface area contributed by atoms with E-state index in [9.17, 15) is 9.59 Å². The lowest BCUT2D eigenvalue weighted by Crippen LogP contribution is -2.36. The van der Waals surface area contributed by atoms with Gasteiger partial charge in [0.15, 0.2) is 0 Å². The molecule has 0 saturated carbocycles. The van der Waals surface area contributed by atoms with Crippen molar-refractivity contribution in [2.24, 2.45) is 5.92 Å². The fourth-order valence-corrected chi connectivity index (χ4v) is 1.74. The summed E-state index contributed by atoms with van der Waals surface area (Å²) in [7, 11) is 1.33. The number of aromatic nitrogens is 3. The number of aryl methyl sites for hydroxylation is 1. The Bertz CT molecular complexity index is 456. The number of carbonyl (C=O) groups excluding carboxylic acids is 2. The Labute approximate surface area is 118 Å². The molecular formula is C13H22N4O3. The molecule has 0 bridgehead atoms. The number of rotatable bonds is 7. The van der Waals surface area contributed by atoms with Crippen LogP contribution < -0.4 is 0 Å². The highest BCUT2D eigenvalue weighted by Crippen LogP contribution is 2.06. The van der Waals surface area contributed by atoms with Gasteiger partial charge in [0.25, 0.3) is 5.91 Å². The zero-order valence-corrected chi connectivity index (χ0v) is 12.5. The van der Waals surface area contributed by atoms with Gasteiger partial charge in [-0.1, -0.05) is 20.8 Å². The minimum absolute atomic E-state index is 0.146. The molecule has 0 spiro atoms. The molecule has 1 rings (SSSR count). The molecule has 1 aromatic rings. The van der Waals surface area contributed by atoms with Crippen molar-refractivity contribution in [3.05, 3.63) is 11.6 Å². The van der Waals surface area contributed by atoms with Gasteiger partial charge in [-0.05, 0) is 5.92 Å². The highest BCUT2D eigenvalue weighted by molar-refractivity contribution is 5.90. The van der Waals surface area contributed by atoms with E-state index in [1.807, 2.05) is 20.8 Å². The average molecular weight is 282 g/mol. The van der Waals surface area contributed by atoms with Crippen LogP contribution in [0.2, 0.25) is 0 Å². The van der Waals surface area contributed by atoms with Gasteiger partial charge in [-0.2, -0.15) is 0 Å². The van der Waals surface area contributed by atoms with Crippen LogP contribution in [-0.4, -0.2) is 52.2 Å². The average Bonchev–Trinajstić information content (AvgIpc) is 2.90. The third-order valence-electron chi connectivity index (χ3n) is 2.74. The Balaban J connectivity index is 2.75. The van der Waals surface area contributed by atoms with E-state index < -0.39 is 0 Å². The van der Waals surface area contributed by atoms with E-state index in [2.05, 4.69) is 19.9 Å². The number of amides is 1. The largest absolute Gasteiger partial charge is 0.469 e. The molecule has 0 aliphatic rings. The third-order valence-corrected chi connectivity index (χ3v) is 2.74. The number of aromatic amines is 1. The first kappa shape index (κ1) is 16.1. The van der Waals surface area contributed by atoms with Gasteiger partial charge in [-0.25, -0.2) is 4.98 Å². The van der Waals surface area contributed by atoms with Crippen molar-refractivity contribution in [3.8, 4) is 0 Å². The van der Waals surface area contributed by atoms with Crippen LogP contribution in [-0.2, 0) is 16.0 Å². The van der Waals surface area contributed by atoms with E-state index in [1.54, 1.807) is 4.90 Å². The summed E-state index contributed by atoms with van der Waals surface area (Å²) in [6.07, 6.45) is 0.854. The van der Waals surface area contributed by atoms with Crippen LogP contribution in [0.25, 0.3) is 0 Å². The van der Waals surface area contributed by atoms with Crippen LogP contribution in [0.1, 0.15) is 43.6 Å². The molecule has 0 unspecified atom stereocenters. The SMILES string of the molecule is CCc1nc(C(=O)N(CCC(=O)OC)CC(C)C)n[nH]1. The van der Waals surface area contributed by atoms with Crippen LogP contribution in [0.5, 0.6) is 0 Å². The molecule has 0 saturated heterocycles. The van der Waals surface area contributed by atoms with E-state index in [0.29, 0.717) is 31.3 Å². The maximum absolute atomic E-state index is 12.3. The molecule has 0 radical (unpaired) electrons. The highest BCUT2D eigenvalue weighted by Gasteiger charge is 2.21. The second kappa shape index (κ2) is 7.62. The molecule has 1 N–H and O–H groups in total. The van der Waals surface area contributed by atoms with Crippen molar-refractivity contribution in [1.29, 1.82) is 0 Å². The lowest BCUT2D eigenvalue weighted by molar-refractivity contribution is -0.140. The highest BCUT2D eigenvalue weighted by atomic mass is 16.5. The van der Waals surface area contributed by atoms with E-state index in [1.165, 1.54) is 7.11 Å². The van der Waals surface area contributed by atoms with E-state index in [0.717, 1.165) is 0 Å². The zero-order chi connectivity index (χ0) is 15.1. The molecule has 0 atom stereocenters. The van der Waals surface area contributed by atoms with Crippen LogP contribution in [0.3, 0.4) is 0 Å². The molecule has 7 heteroatoms. The smallest absolute Gasteiger partial charge is 0.307 e. The van der Waals surface area contributed by atoms with Crippen molar-refractivity contribution < 1.29 is 14.3 Å². The number of carbonyl (C=O) groups is 2. The van der Waals surface area contributed by atoms with Gasteiger partial charge in [0, 0.05) is 19.5 Å². The van der Waals surface area contributed by atoms with Gasteiger partial charge in [0.05, 0.1) is 13.5 Å². The maximum Gasteiger partial charge on any atom is 0.307 e. The summed E-state index contributed by atoms with van der Waals surface area (Å²) >= 11 is 0. The number of nitrogens with one attached hydrogen (secondary N) is 1. The molecule has 0 aliphatic carbocycles. The Hall–Kier alpha value is -1.92. The van der Waals surface area contributed by atoms with Crippen molar-refractivity contribution >= 4 is 11.9 Å². The van der Waals surface area contributed by atoms with Crippen molar-refractivity contribution in [3.63, 3.8) is 0 Å². The standard InChI is InChI=1S/C13H22N4O3/c1-5-10-14-12(16-15-10)13(19)17(8-9(2)3)7-6-11(18)20-4/h9H,5-8H2,1-4H3,(H,14,15,16). The number of esters is 1. The first-order valence-electron chi connectivity index (χ1n) is 6.75. The van der Waals surface area contributed by atoms with Crippen molar-refractivity contribution in [2.75, 3.05) is 20.2 Å². The number of hydrogen-bond acceptors (Lipinski definition) is 5. The molecule has 0 fully saturated rings. The normalized spacial score (nSPS) is 10.7. The minimum Gasteiger partial charge on any atom is -0.469 e. The van der Waals surface area contributed by atoms with Crippen molar-refractivity contribution in [2.45, 2.75) is 33.6 Å². The maximum atomic E-state index is 12.3. The second-order valence-electron chi connectivity index (χ2n) is 4.93. The summed E-state index contributed by atoms with van der Waals surface area (Å²) in [6, 6.07) is 0. The number of methoxy groups -OCH3 is 1. The number of H-pyrrole nitrogens is 1. The topological polar surface area (TPSA) is 88.2 Å². The van der Waals surface area contributed by atoms with Crippen LogP contribution >= 0.6 is 0 Å². The number of nitrogens with zero attached hydrogens (tertiary/aromatic N) is 3. The molecule has 0 aliphatic heterocycles. The molecular weight excluding hydrogens is 260 g/mol. The Morgan fingerprint density at radius 3 is 2.60 bits per heavy atom. The predicted molar refractivity (Wildman–Crippen MR) is 73.1 cm³/mol. The summed E-state index contributed by atoms with van der Waals surface area (Å²) in [5.41, 5.74) is 0. The van der Waals surface area contributed by atoms with E-state index >= 15 is 0 Å². The summed E-state index contributed by atoms with van der Waals surface area (Å²) in [5.74, 6) is 0.508. The van der Waals surface area contributed by atoms with Gasteiger partial charge in [0.2, 0.25) is 5.82 Å². The molecule has 20 heavy (non-hydrogen) atoms. The molecule has 7 nitrogen and oxygen atoms in total. The van der Waals surface area contributed by atoms with Gasteiger partial charge < -0.3 is 9.64 Å². The Morgan fingerprint density at radius 1 is 1.40 bits per heavy atom. The van der Waals surface area contributed by atoms with E-state index in [4.69, 9.17) is 0 Å². The lowest BCUT2D eigenvalue weighted by atomic mass is 10.2. The zero-order valence-electron chi connectivity index (χ0n) is 12.5. The van der Waals surface area contributed by atoms with Gasteiger partial charge in [-0.3, -0.25) is 14.7 Å². The first-order valence-corrected chi connectivity index (χ1v) is 6.75. The van der Waals surface area contributed by atoms with Crippen molar-refractivity contribution in [1.82, 2.24) is 20.1 Å². The Kier molecular flexibility index (Phi) is 6.14. The monoisotopic (exact) mass is 282 g/mol. The summed E-state index contributed by atoms with van der Waals surface area (Å²) in [4.78, 5) is 29.3. The second-order valence-corrected chi connectivity index (χ2v) is 4.93. The van der Waals surface area contributed by atoms with Gasteiger partial charge >= 0.3 is 5.97 Å². The summed E-state index contributed by atoms with van der Waals surface area (Å²) < 4.78 is 4.60. The quantitative estimate of drug-likeness (QED) is 0.755. The fraction of sp³-hybridized carbons (Fsp3) is 0.692. The van der Waals surface area contributed by atoms with Gasteiger partial charge in [-0.15, -0.1) is 5.10 Å². The number of ether oxygens (including phenoxy) is 1. The van der Waals surface area contributed by atoms with Gasteiger partial charge in [0.1, 0.15) is 5.82 Å². The predicted octanol–water partition coefficient (Wildman–Crippen LogP) is 1.03. The minimum atomic E-state index is -0.337. The van der Waals surface area contributed by atoms with Crippen LogP contribution in [0.4, 0.5) is 0 Å². The molecule has 1 amide bonds. The third kappa shape index (κ3) is 4.64. The lowest BCUT2D eigenvalue weighted by Gasteiger charge is -2.22. The van der Waals surface area contributed by atoms with Crippen LogP contribution in [0.15, 0.2) is 0 Å². The first-order chi connectivity index (χ1) is 9.47. The number of hydrogen-bond donors (Lipinski definition) is 1. The molecule has 1 aromatic heterocycles. The molecule has 1 heterocycles. The summed E-state index contributed by atoms with van der Waals surface area (Å²) in [5, 5.41) is 6.64.